The van der Waals surface area contributed by atoms with E-state index in [0.717, 1.165) is 27.7 Å². The second-order valence-corrected chi connectivity index (χ2v) is 15.6. The molecule has 2 aliphatic heterocycles. The second-order valence-electron chi connectivity index (χ2n) is 15.2. The number of hydrogen-bond acceptors (Lipinski definition) is 7. The molecule has 0 spiro atoms. The standard InChI is InChI=1S/C46H40ClFN2O7/c1-5-7-26-8-6-9-33(41(26)51)40-31-18-19-32-39(34(31)24-35-43(53)50(45(55)46(35,40)2)29-16-20-37(48)36(47)23-29)44(54)49(42(32)52)28-14-11-25(12-15-28)10-13-27-22-30(56-3)17-21-38(27)57-4/h5-6,8-18,20-23,32,34-35,39-40,51H,1,7,19,24H2,2-4H3. The maximum Gasteiger partial charge on any atom is 0.241 e. The van der Waals surface area contributed by atoms with Crippen LogP contribution in [0.5, 0.6) is 17.2 Å². The van der Waals surface area contributed by atoms with E-state index >= 15 is 0 Å². The molecule has 3 fully saturated rings. The van der Waals surface area contributed by atoms with Gasteiger partial charge in [-0.25, -0.2) is 9.29 Å². The lowest BCUT2D eigenvalue weighted by atomic mass is 9.51. The van der Waals surface area contributed by atoms with E-state index in [-0.39, 0.29) is 41.1 Å². The Morgan fingerprint density at radius 1 is 0.895 bits per heavy atom. The van der Waals surface area contributed by atoms with Crippen molar-refractivity contribution in [3.8, 4) is 17.2 Å². The van der Waals surface area contributed by atoms with Gasteiger partial charge in [0.05, 0.1) is 53.8 Å². The molecule has 11 heteroatoms. The fourth-order valence-electron chi connectivity index (χ4n) is 9.54. The van der Waals surface area contributed by atoms with Crippen molar-refractivity contribution in [2.45, 2.75) is 32.1 Å². The van der Waals surface area contributed by atoms with Gasteiger partial charge in [0.15, 0.2) is 0 Å². The van der Waals surface area contributed by atoms with E-state index in [4.69, 9.17) is 21.1 Å². The first-order chi connectivity index (χ1) is 27.4. The minimum Gasteiger partial charge on any atom is -0.507 e. The molecule has 2 aliphatic carbocycles. The number of anilines is 2. The average molecular weight is 787 g/mol. The monoisotopic (exact) mass is 786 g/mol. The number of carbonyl (C=O) groups excluding carboxylic acids is 4. The van der Waals surface area contributed by atoms with Crippen LogP contribution in [0, 0.1) is 34.9 Å². The summed E-state index contributed by atoms with van der Waals surface area (Å²) in [6, 6.07) is 21.6. The van der Waals surface area contributed by atoms with Crippen LogP contribution in [-0.4, -0.2) is 43.0 Å². The number of benzene rings is 4. The molecule has 8 rings (SSSR count). The number of imide groups is 2. The van der Waals surface area contributed by atoms with Gasteiger partial charge >= 0.3 is 0 Å². The van der Waals surface area contributed by atoms with Crippen LogP contribution in [0.2, 0.25) is 5.02 Å². The third-order valence-corrected chi connectivity index (χ3v) is 12.6. The second kappa shape index (κ2) is 14.5. The van der Waals surface area contributed by atoms with Gasteiger partial charge in [0, 0.05) is 17.0 Å². The molecule has 2 heterocycles. The van der Waals surface area contributed by atoms with Gasteiger partial charge in [0.1, 0.15) is 23.1 Å². The highest BCUT2D eigenvalue weighted by Crippen LogP contribution is 2.64. The summed E-state index contributed by atoms with van der Waals surface area (Å²) < 4.78 is 25.1. The molecule has 0 bridgehead atoms. The fraction of sp³-hybridized carbons (Fsp3) is 0.261. The Balaban J connectivity index is 1.16. The summed E-state index contributed by atoms with van der Waals surface area (Å²) in [4.78, 5) is 60.4. The van der Waals surface area contributed by atoms with E-state index in [9.17, 15) is 28.7 Å². The summed E-state index contributed by atoms with van der Waals surface area (Å²) in [5.41, 5.74) is 2.57. The highest BCUT2D eigenvalue weighted by atomic mass is 35.5. The van der Waals surface area contributed by atoms with Crippen molar-refractivity contribution in [1.29, 1.82) is 0 Å². The zero-order chi connectivity index (χ0) is 40.3. The van der Waals surface area contributed by atoms with Gasteiger partial charge in [-0.05, 0) is 91.8 Å². The van der Waals surface area contributed by atoms with Crippen LogP contribution in [0.3, 0.4) is 0 Å². The van der Waals surface area contributed by atoms with Crippen LogP contribution < -0.4 is 19.3 Å². The minimum absolute atomic E-state index is 0.0241. The molecule has 0 radical (unpaired) electrons. The predicted octanol–water partition coefficient (Wildman–Crippen LogP) is 8.54. The van der Waals surface area contributed by atoms with Gasteiger partial charge < -0.3 is 14.6 Å². The van der Waals surface area contributed by atoms with Gasteiger partial charge in [0.25, 0.3) is 0 Å². The number of carbonyl (C=O) groups is 4. The van der Waals surface area contributed by atoms with Gasteiger partial charge in [-0.15, -0.1) is 6.58 Å². The lowest BCUT2D eigenvalue weighted by Crippen LogP contribution is -2.49. The van der Waals surface area contributed by atoms with Crippen LogP contribution >= 0.6 is 11.6 Å². The lowest BCUT2D eigenvalue weighted by molar-refractivity contribution is -0.131. The maximum absolute atomic E-state index is 14.7. The van der Waals surface area contributed by atoms with Gasteiger partial charge in [-0.1, -0.05) is 71.8 Å². The van der Waals surface area contributed by atoms with Crippen molar-refractivity contribution in [3.63, 3.8) is 0 Å². The van der Waals surface area contributed by atoms with Crippen LogP contribution in [-0.2, 0) is 25.6 Å². The molecule has 1 saturated carbocycles. The zero-order valence-corrected chi connectivity index (χ0v) is 32.3. The van der Waals surface area contributed by atoms with Gasteiger partial charge in [-0.2, -0.15) is 0 Å². The van der Waals surface area contributed by atoms with Crippen molar-refractivity contribution in [3.05, 3.63) is 136 Å². The van der Waals surface area contributed by atoms with Crippen molar-refractivity contribution in [1.82, 2.24) is 0 Å². The van der Waals surface area contributed by atoms with Gasteiger partial charge in [-0.3, -0.25) is 24.1 Å². The Bertz CT molecular complexity index is 2430. The van der Waals surface area contributed by atoms with Gasteiger partial charge in [0.2, 0.25) is 23.6 Å². The summed E-state index contributed by atoms with van der Waals surface area (Å²) >= 11 is 6.13. The third-order valence-electron chi connectivity index (χ3n) is 12.3. The Morgan fingerprint density at radius 3 is 2.35 bits per heavy atom. The fourth-order valence-corrected chi connectivity index (χ4v) is 9.71. The number of ether oxygens (including phenoxy) is 2. The first kappa shape index (κ1) is 37.9. The molecule has 6 unspecified atom stereocenters. The number of phenolic OH excluding ortho intramolecular Hbond substituents is 1. The van der Waals surface area contributed by atoms with Crippen molar-refractivity contribution in [2.75, 3.05) is 24.0 Å². The molecular formula is C46H40ClFN2O7. The highest BCUT2D eigenvalue weighted by molar-refractivity contribution is 6.32. The first-order valence-corrected chi connectivity index (χ1v) is 19.1. The Labute approximate surface area is 334 Å². The number of para-hydroxylation sites is 1. The number of nitrogens with zero attached hydrogens (tertiary/aromatic N) is 2. The van der Waals surface area contributed by atoms with Crippen molar-refractivity contribution < 1.29 is 38.1 Å². The summed E-state index contributed by atoms with van der Waals surface area (Å²) in [6.07, 6.45) is 8.11. The number of phenols is 1. The van der Waals surface area contributed by atoms with E-state index in [1.807, 2.05) is 48.6 Å². The predicted molar refractivity (Wildman–Crippen MR) is 215 cm³/mol. The molecule has 6 atom stereocenters. The molecular weight excluding hydrogens is 747 g/mol. The molecule has 57 heavy (non-hydrogen) atoms. The average Bonchev–Trinajstić information content (AvgIpc) is 3.58. The quantitative estimate of drug-likeness (QED) is 0.103. The number of methoxy groups -OCH3 is 2. The SMILES string of the molecule is C=CCc1cccc(C2C3=CCC4C(=O)N(c5ccc(C=Cc6cc(OC)ccc6OC)cc5)C(=O)C4C3CC3C(=O)N(c4ccc(F)c(Cl)c4)C(=O)C32C)c1O. The molecule has 290 valence electrons. The number of fused-ring (bicyclic) bond motifs is 4. The number of hydrogen-bond donors (Lipinski definition) is 1. The molecule has 1 N–H and O–H groups in total. The van der Waals surface area contributed by atoms with Crippen LogP contribution in [0.15, 0.2) is 103 Å². The minimum atomic E-state index is -1.40. The number of allylic oxidation sites excluding steroid dienone is 3. The molecule has 2 saturated heterocycles. The third kappa shape index (κ3) is 5.96. The number of aromatic hydroxyl groups is 1. The summed E-state index contributed by atoms with van der Waals surface area (Å²) in [5.74, 6) is -4.94. The molecule has 4 aromatic carbocycles. The largest absolute Gasteiger partial charge is 0.507 e. The molecule has 4 aliphatic rings. The summed E-state index contributed by atoms with van der Waals surface area (Å²) in [7, 11) is 3.19. The lowest BCUT2D eigenvalue weighted by Gasteiger charge is -2.49. The van der Waals surface area contributed by atoms with E-state index in [0.29, 0.717) is 34.7 Å². The Kier molecular flexibility index (Phi) is 9.64. The van der Waals surface area contributed by atoms with Crippen molar-refractivity contribution >= 4 is 58.8 Å². The van der Waals surface area contributed by atoms with E-state index in [2.05, 4.69) is 6.58 Å². The summed E-state index contributed by atoms with van der Waals surface area (Å²) in [5, 5.41) is 11.5. The topological polar surface area (TPSA) is 113 Å². The van der Waals surface area contributed by atoms with Crippen LogP contribution in [0.4, 0.5) is 15.8 Å². The Hall–Kier alpha value is -6.00. The number of rotatable bonds is 9. The number of amides is 4. The summed E-state index contributed by atoms with van der Waals surface area (Å²) in [6.45, 7) is 5.55. The zero-order valence-electron chi connectivity index (χ0n) is 31.6. The number of halogens is 2. The van der Waals surface area contributed by atoms with Crippen molar-refractivity contribution in [2.24, 2.45) is 29.1 Å². The molecule has 9 nitrogen and oxygen atoms in total. The van der Waals surface area contributed by atoms with Crippen LogP contribution in [0.1, 0.15) is 47.9 Å². The van der Waals surface area contributed by atoms with E-state index in [1.54, 1.807) is 57.6 Å². The van der Waals surface area contributed by atoms with Crippen LogP contribution in [0.25, 0.3) is 12.2 Å². The molecule has 0 aromatic heterocycles. The molecule has 4 amide bonds. The van der Waals surface area contributed by atoms with E-state index < -0.39 is 52.6 Å². The Morgan fingerprint density at radius 2 is 1.65 bits per heavy atom. The maximum atomic E-state index is 14.7. The van der Waals surface area contributed by atoms with E-state index in [1.165, 1.54) is 17.0 Å². The highest BCUT2D eigenvalue weighted by Gasteiger charge is 2.68. The smallest absolute Gasteiger partial charge is 0.241 e. The molecule has 4 aromatic rings. The first-order valence-electron chi connectivity index (χ1n) is 18.8. The normalized spacial score (nSPS) is 25.4.